The van der Waals surface area contributed by atoms with E-state index in [4.69, 9.17) is 9.47 Å². The number of hydrogen-bond acceptors (Lipinski definition) is 10. The number of carbonyl (C=O) groups is 4. The molecule has 0 aromatic carbocycles. The van der Waals surface area contributed by atoms with Gasteiger partial charge in [0.15, 0.2) is 11.4 Å². The summed E-state index contributed by atoms with van der Waals surface area (Å²) in [6.45, 7) is 4.45. The van der Waals surface area contributed by atoms with Crippen LogP contribution in [-0.4, -0.2) is 47.1 Å². The van der Waals surface area contributed by atoms with Crippen LogP contribution in [-0.2, 0) is 26.5 Å². The van der Waals surface area contributed by atoms with Gasteiger partial charge in [-0.2, -0.15) is 0 Å². The summed E-state index contributed by atoms with van der Waals surface area (Å²) in [6.07, 6.45) is 21.8. The van der Waals surface area contributed by atoms with E-state index in [1.165, 1.54) is 77.0 Å². The van der Waals surface area contributed by atoms with Gasteiger partial charge < -0.3 is 29.3 Å². The minimum absolute atomic E-state index is 0. The van der Waals surface area contributed by atoms with Gasteiger partial charge in [-0.05, 0) is 12.8 Å². The average Bonchev–Trinajstić information content (AvgIpc) is 2.97. The number of carboxylic acid groups (broad SMARTS) is 2. The van der Waals surface area contributed by atoms with Crippen LogP contribution in [0.25, 0.3) is 0 Å². The first-order chi connectivity index (χ1) is 20.3. The molecule has 10 nitrogen and oxygen atoms in total. The van der Waals surface area contributed by atoms with Gasteiger partial charge in [0.1, 0.15) is 11.4 Å². The van der Waals surface area contributed by atoms with Gasteiger partial charge in [-0.1, -0.05) is 129 Å². The van der Waals surface area contributed by atoms with E-state index in [0.717, 1.165) is 38.5 Å². The van der Waals surface area contributed by atoms with Crippen LogP contribution in [0, 0.1) is 0 Å². The normalized spacial score (nSPS) is 10.7. The summed E-state index contributed by atoms with van der Waals surface area (Å²) < 4.78 is 10.4. The largest absolute Gasteiger partial charge is 2.00 e. The summed E-state index contributed by atoms with van der Waals surface area (Å²) >= 11 is 0. The minimum Gasteiger partial charge on any atom is -0.543 e. The Balaban J connectivity index is 0.0000176. The number of rotatable bonds is 26. The van der Waals surface area contributed by atoms with E-state index in [-0.39, 0.29) is 30.3 Å². The fraction of sp³-hybridized carbons (Fsp3) is 0.750. The van der Waals surface area contributed by atoms with Crippen molar-refractivity contribution < 1.29 is 55.9 Å². The molecule has 1 aromatic rings. The molecule has 43 heavy (non-hydrogen) atoms. The minimum atomic E-state index is -1.98. The van der Waals surface area contributed by atoms with Crippen molar-refractivity contribution in [1.29, 1.82) is 0 Å². The predicted octanol–water partition coefficient (Wildman–Crippen LogP) is 5.36. The number of carboxylic acids is 2. The van der Waals surface area contributed by atoms with Gasteiger partial charge >= 0.3 is 29.0 Å². The Bertz CT molecular complexity index is 883. The van der Waals surface area contributed by atoms with Crippen LogP contribution in [0.15, 0.2) is 0 Å². The van der Waals surface area contributed by atoms with E-state index >= 15 is 0 Å². The molecule has 1 rings (SSSR count). The van der Waals surface area contributed by atoms with Gasteiger partial charge in [0.2, 0.25) is 0 Å². The molecule has 244 valence electrons. The number of ether oxygens (including phenoxy) is 2. The second-order valence-corrected chi connectivity index (χ2v) is 10.8. The second kappa shape index (κ2) is 25.9. The number of carbonyl (C=O) groups excluding carboxylic acids is 4. The molecule has 0 bridgehead atoms. The van der Waals surface area contributed by atoms with Gasteiger partial charge in [0.25, 0.3) is 0 Å². The topological polar surface area (TPSA) is 159 Å². The van der Waals surface area contributed by atoms with Crippen LogP contribution < -0.4 is 10.2 Å². The van der Waals surface area contributed by atoms with Crippen molar-refractivity contribution in [2.75, 3.05) is 13.2 Å². The summed E-state index contributed by atoms with van der Waals surface area (Å²) in [4.78, 5) is 55.5. The molecule has 0 amide bonds. The molecule has 0 aliphatic carbocycles. The molecule has 11 heteroatoms. The maximum Gasteiger partial charge on any atom is 2.00 e. The number of unbranched alkanes of at least 4 members (excludes halogenated alkanes) is 18. The zero-order valence-corrected chi connectivity index (χ0v) is 27.2. The molecule has 0 aliphatic heterocycles. The van der Waals surface area contributed by atoms with E-state index in [2.05, 4.69) is 23.8 Å². The first-order valence-corrected chi connectivity index (χ1v) is 16.0. The number of aromatic nitrogens is 2. The Labute approximate surface area is 267 Å². The number of hydrogen-bond donors (Lipinski definition) is 0. The van der Waals surface area contributed by atoms with Crippen LogP contribution in [0.2, 0.25) is 0 Å². The molecule has 0 radical (unpaired) electrons. The zero-order valence-electron chi connectivity index (χ0n) is 26.1. The number of esters is 2. The molecule has 0 saturated carbocycles. The smallest absolute Gasteiger partial charge is 0.543 e. The van der Waals surface area contributed by atoms with E-state index in [0.29, 0.717) is 12.8 Å². The van der Waals surface area contributed by atoms with Crippen molar-refractivity contribution in [3.8, 4) is 0 Å². The van der Waals surface area contributed by atoms with E-state index in [9.17, 15) is 29.4 Å². The van der Waals surface area contributed by atoms with Crippen LogP contribution in [0.3, 0.4) is 0 Å². The molecule has 0 aliphatic rings. The molecule has 0 N–H and O–H groups in total. The van der Waals surface area contributed by atoms with E-state index in [1.54, 1.807) is 0 Å². The summed E-state index contributed by atoms with van der Waals surface area (Å²) in [5.74, 6) is -6.13. The summed E-state index contributed by atoms with van der Waals surface area (Å²) in [7, 11) is 0. The zero-order chi connectivity index (χ0) is 31.0. The summed E-state index contributed by atoms with van der Waals surface area (Å²) in [5, 5.41) is 22.9. The van der Waals surface area contributed by atoms with Crippen LogP contribution in [0.1, 0.15) is 184 Å². The van der Waals surface area contributed by atoms with Crippen molar-refractivity contribution in [3.63, 3.8) is 0 Å². The van der Waals surface area contributed by atoms with Gasteiger partial charge in [-0.15, -0.1) is 0 Å². The Morgan fingerprint density at radius 3 is 0.977 bits per heavy atom. The molecule has 0 spiro atoms. The standard InChI is InChI=1S/C32H52N2O8.Fe/c1-3-5-7-9-11-13-15-17-19-21-23-41-31(39)27-28(34-26(30(37)38)25(33-27)29(35)36)32(40)42-24-22-20-18-16-14-12-10-8-6-4-2;/h3-24H2,1-2H3,(H,35,36)(H,37,38);/q;+2/p-2. The van der Waals surface area contributed by atoms with Gasteiger partial charge in [-0.25, -0.2) is 19.6 Å². The second-order valence-electron chi connectivity index (χ2n) is 10.8. The summed E-state index contributed by atoms with van der Waals surface area (Å²) in [5.41, 5.74) is -3.68. The van der Waals surface area contributed by atoms with Gasteiger partial charge in [0, 0.05) is 0 Å². The third kappa shape index (κ3) is 18.0. The fourth-order valence-electron chi connectivity index (χ4n) is 4.65. The van der Waals surface area contributed by atoms with E-state index in [1.807, 2.05) is 0 Å². The SMILES string of the molecule is CCCCCCCCCCCCOC(=O)c1nc(C(=O)[O-])c(C(=O)[O-])nc1C(=O)OCCCCCCCCCCCC.[Fe+2]. The van der Waals surface area contributed by atoms with Gasteiger partial charge in [-0.3, -0.25) is 0 Å². The molecule has 0 fully saturated rings. The van der Waals surface area contributed by atoms with E-state index < -0.39 is 46.7 Å². The monoisotopic (exact) mass is 646 g/mol. The predicted molar refractivity (Wildman–Crippen MR) is 155 cm³/mol. The Morgan fingerprint density at radius 2 is 0.721 bits per heavy atom. The first-order valence-electron chi connectivity index (χ1n) is 16.0. The fourth-order valence-corrected chi connectivity index (χ4v) is 4.65. The molecule has 1 aromatic heterocycles. The van der Waals surface area contributed by atoms with Crippen LogP contribution in [0.5, 0.6) is 0 Å². The van der Waals surface area contributed by atoms with Gasteiger partial charge in [0.05, 0.1) is 25.2 Å². The molecular formula is C32H50FeN2O8. The van der Waals surface area contributed by atoms with Crippen molar-refractivity contribution in [3.05, 3.63) is 22.8 Å². The summed E-state index contributed by atoms with van der Waals surface area (Å²) in [6, 6.07) is 0. The van der Waals surface area contributed by atoms with Crippen molar-refractivity contribution in [1.82, 2.24) is 9.97 Å². The van der Waals surface area contributed by atoms with Crippen LogP contribution in [0.4, 0.5) is 0 Å². The first kappa shape index (κ1) is 40.5. The van der Waals surface area contributed by atoms with Crippen molar-refractivity contribution in [2.45, 2.75) is 142 Å². The van der Waals surface area contributed by atoms with Crippen molar-refractivity contribution >= 4 is 23.9 Å². The molecule has 0 saturated heterocycles. The Morgan fingerprint density at radius 1 is 0.465 bits per heavy atom. The average molecular weight is 647 g/mol. The maximum atomic E-state index is 12.7. The number of nitrogens with zero attached hydrogens (tertiary/aromatic N) is 2. The molecule has 0 atom stereocenters. The number of aromatic carboxylic acids is 2. The Kier molecular flexibility index (Phi) is 24.4. The van der Waals surface area contributed by atoms with Crippen LogP contribution >= 0.6 is 0 Å². The maximum absolute atomic E-state index is 12.7. The molecule has 0 unspecified atom stereocenters. The molecular weight excluding hydrogens is 596 g/mol. The van der Waals surface area contributed by atoms with Crippen molar-refractivity contribution in [2.24, 2.45) is 0 Å². The molecule has 1 heterocycles. The third-order valence-corrected chi connectivity index (χ3v) is 7.13. The third-order valence-electron chi connectivity index (χ3n) is 7.13. The quantitative estimate of drug-likeness (QED) is 0.0729. The Hall–Kier alpha value is -2.52.